The first-order valence-electron chi connectivity index (χ1n) is 5.86. The van der Waals surface area contributed by atoms with Crippen molar-refractivity contribution in [2.45, 2.75) is 12.6 Å². The first-order chi connectivity index (χ1) is 9.08. The standard InChI is InChI=1S/C14H15FN2OS/c1-17(9-10-4-2-5-11(15)8-10)14(18)13(16)12-6-3-7-19-12/h2-8,13H,9,16H2,1H3. The van der Waals surface area contributed by atoms with Crippen molar-refractivity contribution in [3.05, 3.63) is 58.0 Å². The molecule has 2 aromatic rings. The van der Waals surface area contributed by atoms with E-state index in [0.29, 0.717) is 6.54 Å². The second-order valence-corrected chi connectivity index (χ2v) is 5.30. The van der Waals surface area contributed by atoms with E-state index < -0.39 is 6.04 Å². The maximum absolute atomic E-state index is 13.1. The smallest absolute Gasteiger partial charge is 0.244 e. The van der Waals surface area contributed by atoms with Crippen molar-refractivity contribution < 1.29 is 9.18 Å². The van der Waals surface area contributed by atoms with Crippen LogP contribution in [0.25, 0.3) is 0 Å². The Labute approximate surface area is 115 Å². The van der Waals surface area contributed by atoms with Crippen LogP contribution >= 0.6 is 11.3 Å². The number of thiophene rings is 1. The fourth-order valence-corrected chi connectivity index (χ4v) is 2.53. The van der Waals surface area contributed by atoms with Crippen molar-refractivity contribution in [2.75, 3.05) is 7.05 Å². The normalized spacial score (nSPS) is 12.2. The first kappa shape index (κ1) is 13.7. The molecular formula is C14H15FN2OS. The number of amides is 1. The van der Waals surface area contributed by atoms with Gasteiger partial charge in [0.25, 0.3) is 0 Å². The maximum atomic E-state index is 13.1. The van der Waals surface area contributed by atoms with Gasteiger partial charge in [-0.05, 0) is 29.1 Å². The van der Waals surface area contributed by atoms with Gasteiger partial charge in [0.1, 0.15) is 11.9 Å². The summed E-state index contributed by atoms with van der Waals surface area (Å²) < 4.78 is 13.1. The Kier molecular flexibility index (Phi) is 4.29. The summed E-state index contributed by atoms with van der Waals surface area (Å²) in [6.07, 6.45) is 0. The number of carbonyl (C=O) groups is 1. The van der Waals surface area contributed by atoms with Crippen LogP contribution in [0.15, 0.2) is 41.8 Å². The predicted octanol–water partition coefficient (Wildman–Crippen LogP) is 2.55. The summed E-state index contributed by atoms with van der Waals surface area (Å²) in [5.74, 6) is -0.479. The minimum absolute atomic E-state index is 0.174. The Balaban J connectivity index is 2.03. The van der Waals surface area contributed by atoms with Gasteiger partial charge >= 0.3 is 0 Å². The highest BCUT2D eigenvalue weighted by molar-refractivity contribution is 7.10. The molecule has 1 aromatic heterocycles. The lowest BCUT2D eigenvalue weighted by Crippen LogP contribution is -2.35. The van der Waals surface area contributed by atoms with E-state index in [1.54, 1.807) is 19.2 Å². The van der Waals surface area contributed by atoms with Gasteiger partial charge in [-0.1, -0.05) is 18.2 Å². The zero-order valence-electron chi connectivity index (χ0n) is 10.5. The Bertz CT molecular complexity index is 556. The highest BCUT2D eigenvalue weighted by Crippen LogP contribution is 2.19. The first-order valence-corrected chi connectivity index (χ1v) is 6.74. The number of carbonyl (C=O) groups excluding carboxylic acids is 1. The van der Waals surface area contributed by atoms with Gasteiger partial charge in [0.2, 0.25) is 5.91 Å². The van der Waals surface area contributed by atoms with Gasteiger partial charge in [-0.2, -0.15) is 0 Å². The number of benzene rings is 1. The number of hydrogen-bond donors (Lipinski definition) is 1. The Hall–Kier alpha value is -1.72. The number of rotatable bonds is 4. The zero-order valence-corrected chi connectivity index (χ0v) is 11.4. The van der Waals surface area contributed by atoms with Crippen LogP contribution < -0.4 is 5.73 Å². The van der Waals surface area contributed by atoms with E-state index in [-0.39, 0.29) is 11.7 Å². The molecule has 0 saturated carbocycles. The summed E-state index contributed by atoms with van der Waals surface area (Å²) in [5.41, 5.74) is 6.66. The summed E-state index contributed by atoms with van der Waals surface area (Å²) in [4.78, 5) is 14.5. The third-order valence-electron chi connectivity index (χ3n) is 2.80. The van der Waals surface area contributed by atoms with Crippen LogP contribution in [-0.4, -0.2) is 17.9 Å². The summed E-state index contributed by atoms with van der Waals surface area (Å²) in [6.45, 7) is 0.343. The molecule has 0 fully saturated rings. The van der Waals surface area contributed by atoms with Crippen LogP contribution in [0.3, 0.4) is 0 Å². The van der Waals surface area contributed by atoms with Crippen LogP contribution in [0.4, 0.5) is 4.39 Å². The Morgan fingerprint density at radius 2 is 2.21 bits per heavy atom. The number of halogens is 1. The molecule has 2 rings (SSSR count). The quantitative estimate of drug-likeness (QED) is 0.934. The summed E-state index contributed by atoms with van der Waals surface area (Å²) in [6, 6.07) is 9.25. The molecule has 1 heterocycles. The van der Waals surface area contributed by atoms with E-state index >= 15 is 0 Å². The second-order valence-electron chi connectivity index (χ2n) is 4.32. The SMILES string of the molecule is CN(Cc1cccc(F)c1)C(=O)C(N)c1cccs1. The third kappa shape index (κ3) is 3.39. The van der Waals surface area contributed by atoms with Crippen molar-refractivity contribution in [3.8, 4) is 0 Å². The molecule has 0 bridgehead atoms. The van der Waals surface area contributed by atoms with Crippen molar-refractivity contribution in [1.29, 1.82) is 0 Å². The molecule has 0 aliphatic rings. The van der Waals surface area contributed by atoms with Gasteiger partial charge in [-0.15, -0.1) is 11.3 Å². The summed E-state index contributed by atoms with van der Waals surface area (Å²) in [5, 5.41) is 1.88. The molecule has 0 saturated heterocycles. The van der Waals surface area contributed by atoms with Crippen LogP contribution in [0.5, 0.6) is 0 Å². The predicted molar refractivity (Wildman–Crippen MR) is 74.1 cm³/mol. The molecule has 5 heteroatoms. The number of nitrogens with zero attached hydrogens (tertiary/aromatic N) is 1. The van der Waals surface area contributed by atoms with Crippen molar-refractivity contribution in [3.63, 3.8) is 0 Å². The van der Waals surface area contributed by atoms with E-state index in [4.69, 9.17) is 5.73 Å². The lowest BCUT2D eigenvalue weighted by Gasteiger charge is -2.20. The van der Waals surface area contributed by atoms with E-state index in [0.717, 1.165) is 10.4 Å². The van der Waals surface area contributed by atoms with Gasteiger partial charge in [-0.25, -0.2) is 4.39 Å². The Morgan fingerprint density at radius 1 is 1.42 bits per heavy atom. The average Bonchev–Trinajstić information content (AvgIpc) is 2.90. The lowest BCUT2D eigenvalue weighted by atomic mass is 10.2. The summed E-state index contributed by atoms with van der Waals surface area (Å²) in [7, 11) is 1.67. The van der Waals surface area contributed by atoms with Crippen LogP contribution in [-0.2, 0) is 11.3 Å². The fraction of sp³-hybridized carbons (Fsp3) is 0.214. The van der Waals surface area contributed by atoms with Gasteiger partial charge < -0.3 is 10.6 Å². The summed E-state index contributed by atoms with van der Waals surface area (Å²) >= 11 is 1.45. The highest BCUT2D eigenvalue weighted by atomic mass is 32.1. The second kappa shape index (κ2) is 5.95. The lowest BCUT2D eigenvalue weighted by molar-refractivity contribution is -0.131. The van der Waals surface area contributed by atoms with E-state index in [9.17, 15) is 9.18 Å². The number of likely N-dealkylation sites (N-methyl/N-ethyl adjacent to an activating group) is 1. The topological polar surface area (TPSA) is 46.3 Å². The zero-order chi connectivity index (χ0) is 13.8. The highest BCUT2D eigenvalue weighted by Gasteiger charge is 2.20. The van der Waals surface area contributed by atoms with E-state index in [1.807, 2.05) is 17.5 Å². The molecule has 1 atom stereocenters. The molecule has 1 amide bonds. The number of nitrogens with two attached hydrogens (primary N) is 1. The molecule has 0 aliphatic carbocycles. The largest absolute Gasteiger partial charge is 0.340 e. The molecule has 1 unspecified atom stereocenters. The minimum atomic E-state index is -0.654. The molecule has 0 radical (unpaired) electrons. The average molecular weight is 278 g/mol. The van der Waals surface area contributed by atoms with Crippen molar-refractivity contribution in [2.24, 2.45) is 5.73 Å². The fourth-order valence-electron chi connectivity index (χ4n) is 1.81. The van der Waals surface area contributed by atoms with Crippen molar-refractivity contribution in [1.82, 2.24) is 4.90 Å². The molecule has 0 spiro atoms. The molecular weight excluding hydrogens is 263 g/mol. The molecule has 3 nitrogen and oxygen atoms in total. The van der Waals surface area contributed by atoms with Gasteiger partial charge in [-0.3, -0.25) is 4.79 Å². The van der Waals surface area contributed by atoms with Gasteiger partial charge in [0.15, 0.2) is 0 Å². The monoisotopic (exact) mass is 278 g/mol. The van der Waals surface area contributed by atoms with E-state index in [2.05, 4.69) is 0 Å². The van der Waals surface area contributed by atoms with E-state index in [1.165, 1.54) is 28.4 Å². The minimum Gasteiger partial charge on any atom is -0.340 e. The Morgan fingerprint density at radius 3 is 2.84 bits per heavy atom. The van der Waals surface area contributed by atoms with Crippen LogP contribution in [0.2, 0.25) is 0 Å². The van der Waals surface area contributed by atoms with Gasteiger partial charge in [0, 0.05) is 18.5 Å². The molecule has 100 valence electrons. The third-order valence-corrected chi connectivity index (χ3v) is 3.76. The molecule has 1 aromatic carbocycles. The maximum Gasteiger partial charge on any atom is 0.244 e. The van der Waals surface area contributed by atoms with Crippen LogP contribution in [0, 0.1) is 5.82 Å². The van der Waals surface area contributed by atoms with Crippen LogP contribution in [0.1, 0.15) is 16.5 Å². The molecule has 19 heavy (non-hydrogen) atoms. The number of hydrogen-bond acceptors (Lipinski definition) is 3. The molecule has 0 aliphatic heterocycles. The van der Waals surface area contributed by atoms with Crippen molar-refractivity contribution >= 4 is 17.2 Å². The van der Waals surface area contributed by atoms with Gasteiger partial charge in [0.05, 0.1) is 0 Å². The molecule has 2 N–H and O–H groups in total.